The van der Waals surface area contributed by atoms with Crippen LogP contribution in [0.2, 0.25) is 5.02 Å². The highest BCUT2D eigenvalue weighted by Crippen LogP contribution is 2.22. The maximum atomic E-state index is 12.1. The Morgan fingerprint density at radius 3 is 2.41 bits per heavy atom. The first kappa shape index (κ1) is 21.0. The first-order valence-electron chi connectivity index (χ1n) is 8.28. The number of nitrogens with one attached hydrogen (secondary N) is 1. The zero-order valence-electron chi connectivity index (χ0n) is 15.1. The quantitative estimate of drug-likeness (QED) is 0.397. The van der Waals surface area contributed by atoms with Crippen LogP contribution >= 0.6 is 23.4 Å². The number of ether oxygens (including phenoxy) is 1. The molecule has 0 aliphatic carbocycles. The lowest BCUT2D eigenvalue weighted by atomic mass is 10.1. The predicted molar refractivity (Wildman–Crippen MR) is 108 cm³/mol. The van der Waals surface area contributed by atoms with Gasteiger partial charge in [0.05, 0.1) is 17.1 Å². The normalized spacial score (nSPS) is 10.3. The number of carbonyl (C=O) groups is 3. The topological polar surface area (TPSA) is 72.5 Å². The summed E-state index contributed by atoms with van der Waals surface area (Å²) in [7, 11) is 0. The van der Waals surface area contributed by atoms with Gasteiger partial charge in [0.2, 0.25) is 0 Å². The summed E-state index contributed by atoms with van der Waals surface area (Å²) >= 11 is 7.62. The number of hydrogen-bond acceptors (Lipinski definition) is 5. The summed E-state index contributed by atoms with van der Waals surface area (Å²) < 4.78 is 4.91. The van der Waals surface area contributed by atoms with E-state index < -0.39 is 18.5 Å². The van der Waals surface area contributed by atoms with Gasteiger partial charge in [-0.15, -0.1) is 11.8 Å². The molecule has 27 heavy (non-hydrogen) atoms. The molecule has 0 saturated heterocycles. The van der Waals surface area contributed by atoms with Crippen LogP contribution in [-0.2, 0) is 14.3 Å². The van der Waals surface area contributed by atoms with Crippen LogP contribution in [0, 0.1) is 6.92 Å². The molecule has 0 aromatic heterocycles. The third-order valence-corrected chi connectivity index (χ3v) is 4.79. The van der Waals surface area contributed by atoms with Crippen LogP contribution < -0.4 is 5.32 Å². The number of Topliss-reactive ketones (excluding diaryl/α,β-unsaturated/α-hetero) is 1. The predicted octanol–water partition coefficient (Wildman–Crippen LogP) is 4.52. The van der Waals surface area contributed by atoms with Gasteiger partial charge in [0, 0.05) is 16.9 Å². The van der Waals surface area contributed by atoms with Crippen LogP contribution in [0.5, 0.6) is 0 Å². The Bertz CT molecular complexity index is 836. The lowest BCUT2D eigenvalue weighted by molar-refractivity contribution is -0.147. The minimum atomic E-state index is -0.603. The summed E-state index contributed by atoms with van der Waals surface area (Å²) in [4.78, 5) is 36.8. The van der Waals surface area contributed by atoms with Crippen molar-refractivity contribution in [1.29, 1.82) is 0 Å². The van der Waals surface area contributed by atoms with E-state index in [9.17, 15) is 14.4 Å². The van der Waals surface area contributed by atoms with E-state index in [-0.39, 0.29) is 18.6 Å². The number of thioether (sulfide) groups is 1. The molecule has 0 aliphatic heterocycles. The Kier molecular flexibility index (Phi) is 7.88. The minimum absolute atomic E-state index is 0.0306. The molecule has 0 spiro atoms. The molecule has 0 bridgehead atoms. The molecule has 2 aromatic rings. The van der Waals surface area contributed by atoms with Crippen molar-refractivity contribution in [3.8, 4) is 0 Å². The number of anilines is 1. The maximum Gasteiger partial charge on any atom is 0.306 e. The highest BCUT2D eigenvalue weighted by atomic mass is 35.5. The van der Waals surface area contributed by atoms with Gasteiger partial charge in [-0.1, -0.05) is 29.8 Å². The summed E-state index contributed by atoms with van der Waals surface area (Å²) in [5, 5.41) is 2.99. The molecule has 0 atom stereocenters. The first-order chi connectivity index (χ1) is 12.9. The Labute approximate surface area is 167 Å². The lowest BCUT2D eigenvalue weighted by Crippen LogP contribution is -2.21. The number of rotatable bonds is 8. The Balaban J connectivity index is 1.74. The zero-order valence-corrected chi connectivity index (χ0v) is 16.7. The summed E-state index contributed by atoms with van der Waals surface area (Å²) in [6, 6.07) is 12.4. The highest BCUT2D eigenvalue weighted by molar-refractivity contribution is 7.98. The first-order valence-corrected chi connectivity index (χ1v) is 9.88. The van der Waals surface area contributed by atoms with Gasteiger partial charge < -0.3 is 10.1 Å². The second-order valence-electron chi connectivity index (χ2n) is 5.84. The number of esters is 1. The number of halogens is 1. The fourth-order valence-electron chi connectivity index (χ4n) is 2.26. The van der Waals surface area contributed by atoms with Crippen LogP contribution in [0.1, 0.15) is 28.8 Å². The summed E-state index contributed by atoms with van der Waals surface area (Å²) in [5.41, 5.74) is 1.97. The van der Waals surface area contributed by atoms with Crippen LogP contribution in [0.3, 0.4) is 0 Å². The van der Waals surface area contributed by atoms with Crippen molar-refractivity contribution in [3.63, 3.8) is 0 Å². The number of benzene rings is 2. The van der Waals surface area contributed by atoms with E-state index >= 15 is 0 Å². The van der Waals surface area contributed by atoms with Crippen molar-refractivity contribution >= 4 is 46.7 Å². The standard InChI is InChI=1S/C20H20ClNO4S/c1-13-3-8-17(16(21)11-13)22-19(24)12-26-20(25)10-9-18(23)14-4-6-15(27-2)7-5-14/h3-8,11H,9-10,12H2,1-2H3,(H,22,24). The number of hydrogen-bond donors (Lipinski definition) is 1. The highest BCUT2D eigenvalue weighted by Gasteiger charge is 2.13. The molecule has 5 nitrogen and oxygen atoms in total. The van der Waals surface area contributed by atoms with Gasteiger partial charge in [-0.2, -0.15) is 0 Å². The van der Waals surface area contributed by atoms with Crippen LogP contribution in [-0.4, -0.2) is 30.5 Å². The van der Waals surface area contributed by atoms with Crippen LogP contribution in [0.25, 0.3) is 0 Å². The number of aryl methyl sites for hydroxylation is 1. The Hall–Kier alpha value is -2.31. The molecule has 0 saturated carbocycles. The molecule has 0 aliphatic rings. The van der Waals surface area contributed by atoms with Gasteiger partial charge in [0.15, 0.2) is 12.4 Å². The molecule has 7 heteroatoms. The molecule has 2 rings (SSSR count). The molecule has 1 amide bonds. The zero-order chi connectivity index (χ0) is 19.8. The second-order valence-corrected chi connectivity index (χ2v) is 7.13. The van der Waals surface area contributed by atoms with Crippen molar-refractivity contribution in [3.05, 3.63) is 58.6 Å². The van der Waals surface area contributed by atoms with Crippen molar-refractivity contribution in [2.75, 3.05) is 18.2 Å². The van der Waals surface area contributed by atoms with Gasteiger partial charge in [-0.05, 0) is 43.0 Å². The summed E-state index contributed by atoms with van der Waals surface area (Å²) in [5.74, 6) is -1.24. The van der Waals surface area contributed by atoms with Crippen LogP contribution in [0.4, 0.5) is 5.69 Å². The SMILES string of the molecule is CSc1ccc(C(=O)CCC(=O)OCC(=O)Nc2ccc(C)cc2Cl)cc1. The molecular weight excluding hydrogens is 386 g/mol. The van der Waals surface area contributed by atoms with Crippen LogP contribution in [0.15, 0.2) is 47.4 Å². The van der Waals surface area contributed by atoms with E-state index in [1.54, 1.807) is 36.0 Å². The van der Waals surface area contributed by atoms with Gasteiger partial charge >= 0.3 is 5.97 Å². The van der Waals surface area contributed by atoms with Crippen molar-refractivity contribution < 1.29 is 19.1 Å². The third kappa shape index (κ3) is 6.73. The third-order valence-electron chi connectivity index (χ3n) is 3.73. The Morgan fingerprint density at radius 2 is 1.78 bits per heavy atom. The van der Waals surface area contributed by atoms with Gasteiger partial charge in [0.25, 0.3) is 5.91 Å². The van der Waals surface area contributed by atoms with Gasteiger partial charge in [-0.3, -0.25) is 14.4 Å². The average Bonchev–Trinajstić information content (AvgIpc) is 2.66. The molecule has 0 unspecified atom stereocenters. The molecule has 142 valence electrons. The number of amides is 1. The second kappa shape index (κ2) is 10.1. The van der Waals surface area contributed by atoms with E-state index in [1.165, 1.54) is 0 Å². The summed E-state index contributed by atoms with van der Waals surface area (Å²) in [6.07, 6.45) is 1.90. The van der Waals surface area contributed by atoms with Gasteiger partial charge in [0.1, 0.15) is 0 Å². The monoisotopic (exact) mass is 405 g/mol. The molecule has 0 fully saturated rings. The molecule has 0 heterocycles. The van der Waals surface area contributed by atoms with Crippen molar-refractivity contribution in [1.82, 2.24) is 0 Å². The molecule has 0 radical (unpaired) electrons. The lowest BCUT2D eigenvalue weighted by Gasteiger charge is -2.08. The van der Waals surface area contributed by atoms with E-state index in [0.29, 0.717) is 16.3 Å². The molecule has 1 N–H and O–H groups in total. The fourth-order valence-corrected chi connectivity index (χ4v) is 2.95. The average molecular weight is 406 g/mol. The number of ketones is 1. The largest absolute Gasteiger partial charge is 0.456 e. The van der Waals surface area contributed by atoms with Gasteiger partial charge in [-0.25, -0.2) is 0 Å². The van der Waals surface area contributed by atoms with Crippen molar-refractivity contribution in [2.45, 2.75) is 24.7 Å². The van der Waals surface area contributed by atoms with E-state index in [0.717, 1.165) is 10.5 Å². The smallest absolute Gasteiger partial charge is 0.306 e. The Morgan fingerprint density at radius 1 is 1.07 bits per heavy atom. The minimum Gasteiger partial charge on any atom is -0.456 e. The van der Waals surface area contributed by atoms with Crippen molar-refractivity contribution in [2.24, 2.45) is 0 Å². The van der Waals surface area contributed by atoms with E-state index in [1.807, 2.05) is 31.4 Å². The fraction of sp³-hybridized carbons (Fsp3) is 0.250. The number of carbonyl (C=O) groups excluding carboxylic acids is 3. The maximum absolute atomic E-state index is 12.1. The van der Waals surface area contributed by atoms with E-state index in [2.05, 4.69) is 5.32 Å². The molecule has 2 aromatic carbocycles. The van der Waals surface area contributed by atoms with E-state index in [4.69, 9.17) is 16.3 Å². The molecular formula is C20H20ClNO4S. The summed E-state index contributed by atoms with van der Waals surface area (Å²) in [6.45, 7) is 1.46.